The highest BCUT2D eigenvalue weighted by atomic mass is 35.5. The standard InChI is InChI=1S/C23H31ClN4O2/c1-27(2)22(17-8-7-9-19(14-17)30-3)16-25-23(29)26-18-10-11-21(20(24)15-18)28-12-5-4-6-13-28/h7-11,14-15,22H,4-6,12-13,16H2,1-3H3,(H2,25,26,29). The number of carbonyl (C=O) groups excluding carboxylic acids is 1. The van der Waals surface area contributed by atoms with E-state index in [1.165, 1.54) is 19.3 Å². The summed E-state index contributed by atoms with van der Waals surface area (Å²) < 4.78 is 5.32. The molecule has 7 heteroatoms. The molecule has 30 heavy (non-hydrogen) atoms. The van der Waals surface area contributed by atoms with Crippen molar-refractivity contribution in [3.63, 3.8) is 0 Å². The molecule has 1 saturated heterocycles. The van der Waals surface area contributed by atoms with Crippen molar-refractivity contribution in [3.8, 4) is 5.75 Å². The number of anilines is 2. The van der Waals surface area contributed by atoms with E-state index in [-0.39, 0.29) is 12.1 Å². The summed E-state index contributed by atoms with van der Waals surface area (Å²) in [5.74, 6) is 0.798. The van der Waals surface area contributed by atoms with Crippen molar-refractivity contribution in [1.29, 1.82) is 0 Å². The Morgan fingerprint density at radius 3 is 2.60 bits per heavy atom. The molecule has 1 fully saturated rings. The van der Waals surface area contributed by atoms with Gasteiger partial charge < -0.3 is 25.2 Å². The van der Waals surface area contributed by atoms with Gasteiger partial charge in [-0.3, -0.25) is 0 Å². The van der Waals surface area contributed by atoms with Crippen molar-refractivity contribution in [2.24, 2.45) is 0 Å². The predicted molar refractivity (Wildman–Crippen MR) is 124 cm³/mol. The topological polar surface area (TPSA) is 56.8 Å². The third-order valence-corrected chi connectivity index (χ3v) is 5.76. The Bertz CT molecular complexity index is 853. The first-order valence-corrected chi connectivity index (χ1v) is 10.8. The Hall–Kier alpha value is -2.44. The van der Waals surface area contributed by atoms with Crippen molar-refractivity contribution in [2.45, 2.75) is 25.3 Å². The molecule has 0 bridgehead atoms. The Labute approximate surface area is 184 Å². The normalized spacial score (nSPS) is 15.0. The maximum atomic E-state index is 12.5. The SMILES string of the molecule is COc1cccc(C(CNC(=O)Nc2ccc(N3CCCCC3)c(Cl)c2)N(C)C)c1. The van der Waals surface area contributed by atoms with Gasteiger partial charge in [0.1, 0.15) is 5.75 Å². The second-order valence-corrected chi connectivity index (χ2v) is 8.21. The van der Waals surface area contributed by atoms with Gasteiger partial charge in [-0.1, -0.05) is 23.7 Å². The van der Waals surface area contributed by atoms with Crippen LogP contribution in [0, 0.1) is 0 Å². The molecule has 1 unspecified atom stereocenters. The molecule has 2 N–H and O–H groups in total. The van der Waals surface area contributed by atoms with E-state index in [0.29, 0.717) is 17.3 Å². The van der Waals surface area contributed by atoms with Gasteiger partial charge in [-0.25, -0.2) is 4.79 Å². The Morgan fingerprint density at radius 2 is 1.93 bits per heavy atom. The number of hydrogen-bond acceptors (Lipinski definition) is 4. The summed E-state index contributed by atoms with van der Waals surface area (Å²) in [5.41, 5.74) is 2.79. The number of nitrogens with zero attached hydrogens (tertiary/aromatic N) is 2. The molecular formula is C23H31ClN4O2. The quantitative estimate of drug-likeness (QED) is 0.664. The minimum absolute atomic E-state index is 0.0240. The summed E-state index contributed by atoms with van der Waals surface area (Å²) in [6.45, 7) is 2.53. The molecule has 0 spiro atoms. The van der Waals surface area contributed by atoms with Crippen LogP contribution in [0.3, 0.4) is 0 Å². The minimum atomic E-state index is -0.258. The third-order valence-electron chi connectivity index (χ3n) is 5.46. The molecule has 1 heterocycles. The molecule has 2 aromatic carbocycles. The fraction of sp³-hybridized carbons (Fsp3) is 0.435. The number of carbonyl (C=O) groups is 1. The second kappa shape index (κ2) is 10.5. The first-order chi connectivity index (χ1) is 14.5. The average Bonchev–Trinajstić information content (AvgIpc) is 2.74. The highest BCUT2D eigenvalue weighted by molar-refractivity contribution is 6.33. The summed E-state index contributed by atoms with van der Waals surface area (Å²) in [5, 5.41) is 6.51. The molecule has 0 saturated carbocycles. The Morgan fingerprint density at radius 1 is 1.17 bits per heavy atom. The molecule has 2 aromatic rings. The molecular weight excluding hydrogens is 400 g/mol. The van der Waals surface area contributed by atoms with Crippen LogP contribution in [0.2, 0.25) is 5.02 Å². The smallest absolute Gasteiger partial charge is 0.319 e. The predicted octanol–water partition coefficient (Wildman–Crippen LogP) is 4.76. The van der Waals surface area contributed by atoms with Crippen LogP contribution in [-0.4, -0.2) is 51.8 Å². The van der Waals surface area contributed by atoms with Crippen LogP contribution in [-0.2, 0) is 0 Å². The van der Waals surface area contributed by atoms with E-state index in [1.807, 2.05) is 56.6 Å². The maximum absolute atomic E-state index is 12.5. The molecule has 162 valence electrons. The second-order valence-electron chi connectivity index (χ2n) is 7.80. The molecule has 0 aliphatic carbocycles. The fourth-order valence-corrected chi connectivity index (χ4v) is 4.09. The number of urea groups is 1. The highest BCUT2D eigenvalue weighted by Crippen LogP contribution is 2.31. The molecule has 0 radical (unpaired) electrons. The first kappa shape index (κ1) is 22.2. The van der Waals surface area contributed by atoms with Gasteiger partial charge >= 0.3 is 6.03 Å². The number of amides is 2. The molecule has 3 rings (SSSR count). The third kappa shape index (κ3) is 5.80. The minimum Gasteiger partial charge on any atom is -0.497 e. The highest BCUT2D eigenvalue weighted by Gasteiger charge is 2.17. The van der Waals surface area contributed by atoms with Gasteiger partial charge in [-0.2, -0.15) is 0 Å². The van der Waals surface area contributed by atoms with Crippen LogP contribution in [0.25, 0.3) is 0 Å². The molecule has 1 aliphatic rings. The van der Waals surface area contributed by atoms with Gasteiger partial charge in [0.25, 0.3) is 0 Å². The molecule has 0 aromatic heterocycles. The van der Waals surface area contributed by atoms with Gasteiger partial charge in [-0.05, 0) is 69.3 Å². The lowest BCUT2D eigenvalue weighted by molar-refractivity contribution is 0.243. The van der Waals surface area contributed by atoms with E-state index < -0.39 is 0 Å². The summed E-state index contributed by atoms with van der Waals surface area (Å²) in [6, 6.07) is 13.4. The largest absolute Gasteiger partial charge is 0.497 e. The number of ether oxygens (including phenoxy) is 1. The number of piperidine rings is 1. The van der Waals surface area contributed by atoms with E-state index in [0.717, 1.165) is 30.1 Å². The molecule has 6 nitrogen and oxygen atoms in total. The van der Waals surface area contributed by atoms with Crippen molar-refractivity contribution in [3.05, 3.63) is 53.1 Å². The average molecular weight is 431 g/mol. The molecule has 1 aliphatic heterocycles. The summed E-state index contributed by atoms with van der Waals surface area (Å²) in [7, 11) is 5.63. The van der Waals surface area contributed by atoms with E-state index >= 15 is 0 Å². The van der Waals surface area contributed by atoms with Gasteiger partial charge in [0, 0.05) is 25.3 Å². The van der Waals surface area contributed by atoms with Gasteiger partial charge in [-0.15, -0.1) is 0 Å². The number of benzene rings is 2. The van der Waals surface area contributed by atoms with E-state index in [2.05, 4.69) is 20.4 Å². The van der Waals surface area contributed by atoms with Crippen LogP contribution in [0.5, 0.6) is 5.75 Å². The van der Waals surface area contributed by atoms with Gasteiger partial charge in [0.05, 0.1) is 23.9 Å². The number of hydrogen-bond donors (Lipinski definition) is 2. The summed E-state index contributed by atoms with van der Waals surface area (Å²) in [4.78, 5) is 16.9. The van der Waals surface area contributed by atoms with Crippen molar-refractivity contribution in [1.82, 2.24) is 10.2 Å². The van der Waals surface area contributed by atoms with Crippen molar-refractivity contribution in [2.75, 3.05) is 51.1 Å². The lowest BCUT2D eigenvalue weighted by atomic mass is 10.1. The zero-order valence-electron chi connectivity index (χ0n) is 18.0. The van der Waals surface area contributed by atoms with Crippen LogP contribution in [0.15, 0.2) is 42.5 Å². The zero-order chi connectivity index (χ0) is 21.5. The summed E-state index contributed by atoms with van der Waals surface area (Å²) >= 11 is 6.49. The number of likely N-dealkylation sites (N-methyl/N-ethyl adjacent to an activating group) is 1. The molecule has 1 atom stereocenters. The van der Waals surface area contributed by atoms with Crippen LogP contribution in [0.1, 0.15) is 30.9 Å². The monoisotopic (exact) mass is 430 g/mol. The lowest BCUT2D eigenvalue weighted by Crippen LogP contribution is -2.37. The summed E-state index contributed by atoms with van der Waals surface area (Å²) in [6.07, 6.45) is 3.66. The van der Waals surface area contributed by atoms with Crippen LogP contribution in [0.4, 0.5) is 16.2 Å². The molecule has 2 amide bonds. The van der Waals surface area contributed by atoms with Gasteiger partial charge in [0.2, 0.25) is 0 Å². The van der Waals surface area contributed by atoms with E-state index in [9.17, 15) is 4.79 Å². The van der Waals surface area contributed by atoms with Crippen LogP contribution < -0.4 is 20.3 Å². The number of rotatable bonds is 7. The zero-order valence-corrected chi connectivity index (χ0v) is 18.7. The van der Waals surface area contributed by atoms with Gasteiger partial charge in [0.15, 0.2) is 0 Å². The number of nitrogens with one attached hydrogen (secondary N) is 2. The number of halogens is 1. The van der Waals surface area contributed by atoms with Crippen molar-refractivity contribution >= 4 is 29.0 Å². The van der Waals surface area contributed by atoms with E-state index in [4.69, 9.17) is 16.3 Å². The number of methoxy groups -OCH3 is 1. The van der Waals surface area contributed by atoms with Crippen LogP contribution >= 0.6 is 11.6 Å². The maximum Gasteiger partial charge on any atom is 0.319 e. The van der Waals surface area contributed by atoms with E-state index in [1.54, 1.807) is 7.11 Å². The fourth-order valence-electron chi connectivity index (χ4n) is 3.79. The Kier molecular flexibility index (Phi) is 7.82. The van der Waals surface area contributed by atoms with Crippen molar-refractivity contribution < 1.29 is 9.53 Å². The lowest BCUT2D eigenvalue weighted by Gasteiger charge is -2.29. The Balaban J connectivity index is 1.59. The first-order valence-electron chi connectivity index (χ1n) is 10.4.